The van der Waals surface area contributed by atoms with Crippen LogP contribution in [0.1, 0.15) is 77.6 Å². The molecular formula is C17H30O2. The zero-order valence-corrected chi connectivity index (χ0v) is 12.5. The van der Waals surface area contributed by atoms with Crippen LogP contribution in [0.5, 0.6) is 0 Å². The Hall–Kier alpha value is -0.790. The Morgan fingerprint density at radius 1 is 1.00 bits per heavy atom. The highest BCUT2D eigenvalue weighted by molar-refractivity contribution is 5.69. The highest BCUT2D eigenvalue weighted by Crippen LogP contribution is 2.13. The van der Waals surface area contributed by atoms with E-state index in [1.807, 2.05) is 0 Å². The molecule has 110 valence electrons. The van der Waals surface area contributed by atoms with E-state index in [-0.39, 0.29) is 5.97 Å². The monoisotopic (exact) mass is 266 g/mol. The van der Waals surface area contributed by atoms with Gasteiger partial charge in [0.15, 0.2) is 0 Å². The SMILES string of the molecule is CC1C/C=C/CCCCCCCCCC(=O)OCC1. The highest BCUT2D eigenvalue weighted by Gasteiger charge is 2.05. The van der Waals surface area contributed by atoms with Gasteiger partial charge in [-0.15, -0.1) is 0 Å². The highest BCUT2D eigenvalue weighted by atomic mass is 16.5. The average Bonchev–Trinajstić information content (AvgIpc) is 2.39. The van der Waals surface area contributed by atoms with E-state index in [1.165, 1.54) is 44.9 Å². The lowest BCUT2D eigenvalue weighted by Gasteiger charge is -2.09. The van der Waals surface area contributed by atoms with Crippen molar-refractivity contribution in [2.24, 2.45) is 5.92 Å². The number of rotatable bonds is 0. The number of esters is 1. The Balaban J connectivity index is 2.27. The van der Waals surface area contributed by atoms with Gasteiger partial charge in [0.1, 0.15) is 0 Å². The van der Waals surface area contributed by atoms with E-state index < -0.39 is 0 Å². The predicted molar refractivity (Wildman–Crippen MR) is 80.1 cm³/mol. The van der Waals surface area contributed by atoms with Crippen molar-refractivity contribution >= 4 is 5.97 Å². The molecule has 0 aromatic heterocycles. The first-order valence-corrected chi connectivity index (χ1v) is 8.09. The number of hydrogen-bond acceptors (Lipinski definition) is 2. The molecule has 1 rings (SSSR count). The van der Waals surface area contributed by atoms with Gasteiger partial charge in [0.05, 0.1) is 6.61 Å². The molecule has 2 heteroatoms. The molecule has 0 radical (unpaired) electrons. The molecule has 19 heavy (non-hydrogen) atoms. The summed E-state index contributed by atoms with van der Waals surface area (Å²) in [5.74, 6) is 0.604. The molecule has 2 nitrogen and oxygen atoms in total. The molecular weight excluding hydrogens is 236 g/mol. The van der Waals surface area contributed by atoms with Crippen LogP contribution >= 0.6 is 0 Å². The third kappa shape index (κ3) is 9.75. The number of carbonyl (C=O) groups excluding carboxylic acids is 1. The number of carbonyl (C=O) groups is 1. The smallest absolute Gasteiger partial charge is 0.305 e. The molecule has 0 aromatic rings. The van der Waals surface area contributed by atoms with Crippen molar-refractivity contribution in [3.63, 3.8) is 0 Å². The van der Waals surface area contributed by atoms with Crippen LogP contribution in [0.3, 0.4) is 0 Å². The largest absolute Gasteiger partial charge is 0.466 e. The van der Waals surface area contributed by atoms with Crippen molar-refractivity contribution in [3.05, 3.63) is 12.2 Å². The standard InChI is InChI=1S/C17H30O2/c1-16-12-10-8-6-4-2-3-5-7-9-11-13-17(18)19-15-14-16/h8,10,16H,2-7,9,11-15H2,1H3/b10-8+. The van der Waals surface area contributed by atoms with Crippen LogP contribution in [-0.4, -0.2) is 12.6 Å². The molecule has 0 amide bonds. The first-order valence-electron chi connectivity index (χ1n) is 8.09. The van der Waals surface area contributed by atoms with Gasteiger partial charge < -0.3 is 4.74 Å². The second-order valence-electron chi connectivity index (χ2n) is 5.83. The van der Waals surface area contributed by atoms with Crippen LogP contribution in [0.15, 0.2) is 12.2 Å². The third-order valence-corrected chi connectivity index (χ3v) is 3.83. The van der Waals surface area contributed by atoms with Gasteiger partial charge in [-0.1, -0.05) is 51.2 Å². The average molecular weight is 266 g/mol. The number of allylic oxidation sites excluding steroid dienone is 2. The normalized spacial score (nSPS) is 27.2. The van der Waals surface area contributed by atoms with Gasteiger partial charge in [-0.25, -0.2) is 0 Å². The van der Waals surface area contributed by atoms with Crippen molar-refractivity contribution in [1.82, 2.24) is 0 Å². The van der Waals surface area contributed by atoms with Crippen molar-refractivity contribution in [1.29, 1.82) is 0 Å². The third-order valence-electron chi connectivity index (χ3n) is 3.83. The maximum absolute atomic E-state index is 11.5. The fourth-order valence-corrected chi connectivity index (χ4v) is 2.43. The van der Waals surface area contributed by atoms with Crippen molar-refractivity contribution in [2.75, 3.05) is 6.61 Å². The van der Waals surface area contributed by atoms with Gasteiger partial charge in [-0.2, -0.15) is 0 Å². The summed E-state index contributed by atoms with van der Waals surface area (Å²) in [4.78, 5) is 11.5. The minimum Gasteiger partial charge on any atom is -0.466 e. The summed E-state index contributed by atoms with van der Waals surface area (Å²) >= 11 is 0. The van der Waals surface area contributed by atoms with Gasteiger partial charge >= 0.3 is 5.97 Å². The molecule has 0 bridgehead atoms. The Kier molecular flexibility index (Phi) is 9.48. The van der Waals surface area contributed by atoms with E-state index >= 15 is 0 Å². The van der Waals surface area contributed by atoms with E-state index in [2.05, 4.69) is 19.1 Å². The van der Waals surface area contributed by atoms with Crippen LogP contribution in [0.2, 0.25) is 0 Å². The molecule has 0 aromatic carbocycles. The first-order chi connectivity index (χ1) is 9.29. The van der Waals surface area contributed by atoms with Gasteiger partial charge in [0.2, 0.25) is 0 Å². The quantitative estimate of drug-likeness (QED) is 0.454. The van der Waals surface area contributed by atoms with Crippen LogP contribution in [0, 0.1) is 5.92 Å². The van der Waals surface area contributed by atoms with Crippen LogP contribution in [0.4, 0.5) is 0 Å². The molecule has 0 spiro atoms. The Labute approximate surface area is 118 Å². The fraction of sp³-hybridized carbons (Fsp3) is 0.824. The molecule has 0 aliphatic carbocycles. The molecule has 1 unspecified atom stereocenters. The number of hydrogen-bond donors (Lipinski definition) is 0. The summed E-state index contributed by atoms with van der Waals surface area (Å²) in [6, 6.07) is 0. The van der Waals surface area contributed by atoms with Crippen LogP contribution in [-0.2, 0) is 9.53 Å². The fourth-order valence-electron chi connectivity index (χ4n) is 2.43. The van der Waals surface area contributed by atoms with Crippen LogP contribution < -0.4 is 0 Å². The maximum Gasteiger partial charge on any atom is 0.305 e. The molecule has 1 aliphatic heterocycles. The molecule has 0 fully saturated rings. The van der Waals surface area contributed by atoms with E-state index in [0.29, 0.717) is 18.9 Å². The summed E-state index contributed by atoms with van der Waals surface area (Å²) < 4.78 is 5.27. The Morgan fingerprint density at radius 2 is 1.68 bits per heavy atom. The lowest BCUT2D eigenvalue weighted by atomic mass is 10.0. The van der Waals surface area contributed by atoms with Crippen molar-refractivity contribution in [2.45, 2.75) is 77.6 Å². The van der Waals surface area contributed by atoms with Crippen molar-refractivity contribution < 1.29 is 9.53 Å². The summed E-state index contributed by atoms with van der Waals surface area (Å²) in [5, 5.41) is 0. The summed E-state index contributed by atoms with van der Waals surface area (Å²) in [6.45, 7) is 2.82. The zero-order chi connectivity index (χ0) is 13.8. The zero-order valence-electron chi connectivity index (χ0n) is 12.5. The van der Waals surface area contributed by atoms with E-state index in [1.54, 1.807) is 0 Å². The van der Waals surface area contributed by atoms with Crippen molar-refractivity contribution in [3.8, 4) is 0 Å². The van der Waals surface area contributed by atoms with E-state index in [9.17, 15) is 4.79 Å². The summed E-state index contributed by atoms with van der Waals surface area (Å²) in [5.41, 5.74) is 0. The molecule has 1 heterocycles. The second kappa shape index (κ2) is 11.1. The molecule has 0 saturated carbocycles. The molecule has 1 aliphatic rings. The van der Waals surface area contributed by atoms with E-state index in [4.69, 9.17) is 4.74 Å². The van der Waals surface area contributed by atoms with E-state index in [0.717, 1.165) is 19.3 Å². The van der Waals surface area contributed by atoms with Gasteiger partial charge in [0, 0.05) is 6.42 Å². The Bertz CT molecular complexity index is 258. The number of cyclic esters (lactones) is 1. The Morgan fingerprint density at radius 3 is 2.47 bits per heavy atom. The minimum absolute atomic E-state index is 0.00735. The van der Waals surface area contributed by atoms with Gasteiger partial charge in [-0.05, 0) is 38.0 Å². The second-order valence-corrected chi connectivity index (χ2v) is 5.83. The predicted octanol–water partition coefficient (Wildman–Crippen LogP) is 5.03. The number of ether oxygens (including phenoxy) is 1. The molecule has 0 saturated heterocycles. The summed E-state index contributed by atoms with van der Waals surface area (Å²) in [7, 11) is 0. The maximum atomic E-state index is 11.5. The van der Waals surface area contributed by atoms with Gasteiger partial charge in [-0.3, -0.25) is 4.79 Å². The molecule has 0 N–H and O–H groups in total. The topological polar surface area (TPSA) is 26.3 Å². The van der Waals surface area contributed by atoms with Crippen LogP contribution in [0.25, 0.3) is 0 Å². The lowest BCUT2D eigenvalue weighted by molar-refractivity contribution is -0.144. The lowest BCUT2D eigenvalue weighted by Crippen LogP contribution is -2.08. The first kappa shape index (κ1) is 16.3. The summed E-state index contributed by atoms with van der Waals surface area (Å²) in [6.07, 6.45) is 17.3. The molecule has 1 atom stereocenters. The van der Waals surface area contributed by atoms with Gasteiger partial charge in [0.25, 0.3) is 0 Å². The minimum atomic E-state index is -0.00735.